The number of thioether (sulfide) groups is 1. The topological polar surface area (TPSA) is 64.4 Å². The second kappa shape index (κ2) is 9.37. The highest BCUT2D eigenvalue weighted by Crippen LogP contribution is 2.34. The lowest BCUT2D eigenvalue weighted by atomic mass is 9.97. The molecule has 6 nitrogen and oxygen atoms in total. The first-order valence-electron chi connectivity index (χ1n) is 11.2. The van der Waals surface area contributed by atoms with E-state index in [9.17, 15) is 9.59 Å². The molecule has 2 aromatic heterocycles. The first kappa shape index (κ1) is 21.7. The van der Waals surface area contributed by atoms with E-state index in [0.29, 0.717) is 31.4 Å². The molecular weight excluding hydrogens is 442 g/mol. The van der Waals surface area contributed by atoms with Crippen molar-refractivity contribution in [3.05, 3.63) is 56.7 Å². The summed E-state index contributed by atoms with van der Waals surface area (Å²) in [6.45, 7) is 4.24. The molecule has 0 N–H and O–H groups in total. The summed E-state index contributed by atoms with van der Waals surface area (Å²) < 4.78 is 7.32. The molecule has 168 valence electrons. The highest BCUT2D eigenvalue weighted by atomic mass is 32.2. The number of thiophene rings is 1. The minimum absolute atomic E-state index is 0.0215. The summed E-state index contributed by atoms with van der Waals surface area (Å²) in [7, 11) is 0. The molecule has 2 aliphatic rings. The van der Waals surface area contributed by atoms with Gasteiger partial charge in [-0.25, -0.2) is 4.98 Å². The van der Waals surface area contributed by atoms with Crippen LogP contribution in [0.25, 0.3) is 10.2 Å². The van der Waals surface area contributed by atoms with Crippen LogP contribution in [-0.4, -0.2) is 51.9 Å². The van der Waals surface area contributed by atoms with Crippen molar-refractivity contribution >= 4 is 39.2 Å². The van der Waals surface area contributed by atoms with Crippen LogP contribution in [-0.2, 0) is 28.9 Å². The maximum absolute atomic E-state index is 13.7. The van der Waals surface area contributed by atoms with E-state index in [1.54, 1.807) is 15.9 Å². The van der Waals surface area contributed by atoms with Crippen LogP contribution in [0.1, 0.15) is 35.8 Å². The fraction of sp³-hybridized carbons (Fsp3) is 0.458. The first-order chi connectivity index (χ1) is 15.6. The van der Waals surface area contributed by atoms with Crippen molar-refractivity contribution < 1.29 is 9.53 Å². The Labute approximate surface area is 195 Å². The zero-order chi connectivity index (χ0) is 22.1. The van der Waals surface area contributed by atoms with Gasteiger partial charge >= 0.3 is 0 Å². The summed E-state index contributed by atoms with van der Waals surface area (Å²) in [6, 6.07) is 9.98. The Morgan fingerprint density at radius 1 is 1.25 bits per heavy atom. The summed E-state index contributed by atoms with van der Waals surface area (Å²) in [5, 5.41) is 1.41. The summed E-state index contributed by atoms with van der Waals surface area (Å²) in [6.07, 6.45) is 4.34. The molecule has 1 amide bonds. The van der Waals surface area contributed by atoms with E-state index in [0.717, 1.165) is 35.0 Å². The number of aromatic nitrogens is 2. The van der Waals surface area contributed by atoms with Gasteiger partial charge in [-0.2, -0.15) is 0 Å². The molecule has 1 aliphatic heterocycles. The lowest BCUT2D eigenvalue weighted by Crippen LogP contribution is -2.45. The van der Waals surface area contributed by atoms with E-state index in [4.69, 9.17) is 9.72 Å². The highest BCUT2D eigenvalue weighted by Gasteiger charge is 2.25. The maximum atomic E-state index is 13.7. The van der Waals surface area contributed by atoms with E-state index in [-0.39, 0.29) is 23.3 Å². The molecular formula is C24H27N3O3S2. The van der Waals surface area contributed by atoms with E-state index in [2.05, 4.69) is 0 Å². The van der Waals surface area contributed by atoms with Gasteiger partial charge in [0.25, 0.3) is 5.56 Å². The average Bonchev–Trinajstić information content (AvgIpc) is 3.19. The summed E-state index contributed by atoms with van der Waals surface area (Å²) in [5.41, 5.74) is 2.27. The number of benzene rings is 1. The number of amides is 1. The number of carbonyl (C=O) groups excluding carboxylic acids is 1. The van der Waals surface area contributed by atoms with Gasteiger partial charge in [0.2, 0.25) is 5.91 Å². The van der Waals surface area contributed by atoms with E-state index in [1.807, 2.05) is 42.2 Å². The zero-order valence-corrected chi connectivity index (χ0v) is 19.8. The van der Waals surface area contributed by atoms with Crippen LogP contribution >= 0.6 is 23.1 Å². The first-order valence-corrected chi connectivity index (χ1v) is 13.0. The molecule has 3 aromatic rings. The third kappa shape index (κ3) is 4.36. The van der Waals surface area contributed by atoms with Gasteiger partial charge in [-0.15, -0.1) is 11.3 Å². The van der Waals surface area contributed by atoms with Crippen molar-refractivity contribution in [3.8, 4) is 0 Å². The van der Waals surface area contributed by atoms with Gasteiger partial charge in [-0.05, 0) is 43.7 Å². The van der Waals surface area contributed by atoms with Crippen molar-refractivity contribution in [1.29, 1.82) is 0 Å². The number of nitrogens with zero attached hydrogens (tertiary/aromatic N) is 3. The Balaban J connectivity index is 1.49. The molecule has 1 aliphatic carbocycles. The minimum Gasteiger partial charge on any atom is -0.375 e. The Morgan fingerprint density at radius 3 is 2.88 bits per heavy atom. The number of hydrogen-bond donors (Lipinski definition) is 0. The van der Waals surface area contributed by atoms with Crippen LogP contribution in [0.15, 0.2) is 40.3 Å². The molecule has 1 fully saturated rings. The number of hydrogen-bond acceptors (Lipinski definition) is 6. The smallest absolute Gasteiger partial charge is 0.263 e. The molecule has 1 atom stereocenters. The van der Waals surface area contributed by atoms with Crippen molar-refractivity contribution in [1.82, 2.24) is 14.5 Å². The monoisotopic (exact) mass is 469 g/mol. The van der Waals surface area contributed by atoms with E-state index >= 15 is 0 Å². The van der Waals surface area contributed by atoms with E-state index in [1.165, 1.54) is 28.6 Å². The number of fused-ring (bicyclic) bond motifs is 3. The number of carbonyl (C=O) groups is 1. The average molecular weight is 470 g/mol. The van der Waals surface area contributed by atoms with E-state index < -0.39 is 0 Å². The van der Waals surface area contributed by atoms with Crippen LogP contribution in [0.4, 0.5) is 0 Å². The number of rotatable bonds is 5. The Hall–Kier alpha value is -2.16. The van der Waals surface area contributed by atoms with Crippen LogP contribution < -0.4 is 5.56 Å². The minimum atomic E-state index is 0.0215. The largest absolute Gasteiger partial charge is 0.375 e. The zero-order valence-electron chi connectivity index (χ0n) is 18.2. The lowest BCUT2D eigenvalue weighted by molar-refractivity contribution is -0.135. The molecule has 8 heteroatoms. The van der Waals surface area contributed by atoms with Gasteiger partial charge in [0.05, 0.1) is 30.4 Å². The van der Waals surface area contributed by atoms with Crippen molar-refractivity contribution in [3.63, 3.8) is 0 Å². The number of morpholine rings is 1. The predicted octanol–water partition coefficient (Wildman–Crippen LogP) is 3.72. The van der Waals surface area contributed by atoms with Crippen molar-refractivity contribution in [2.45, 2.75) is 50.4 Å². The molecule has 0 bridgehead atoms. The fourth-order valence-electron chi connectivity index (χ4n) is 4.50. The molecule has 3 heterocycles. The van der Waals surface area contributed by atoms with Crippen LogP contribution in [0, 0.1) is 0 Å². The third-order valence-electron chi connectivity index (χ3n) is 6.14. The molecule has 1 aromatic carbocycles. The van der Waals surface area contributed by atoms with Gasteiger partial charge in [0.1, 0.15) is 4.83 Å². The van der Waals surface area contributed by atoms with Crippen LogP contribution in [0.5, 0.6) is 0 Å². The predicted molar refractivity (Wildman–Crippen MR) is 129 cm³/mol. The number of ether oxygens (including phenoxy) is 1. The molecule has 1 unspecified atom stereocenters. The normalized spacial score (nSPS) is 18.7. The van der Waals surface area contributed by atoms with Gasteiger partial charge in [-0.1, -0.05) is 42.1 Å². The third-order valence-corrected chi connectivity index (χ3v) is 8.29. The lowest BCUT2D eigenvalue weighted by Gasteiger charge is -2.31. The molecule has 1 saturated heterocycles. The van der Waals surface area contributed by atoms with Gasteiger partial charge < -0.3 is 9.64 Å². The molecule has 5 rings (SSSR count). The van der Waals surface area contributed by atoms with Crippen molar-refractivity contribution in [2.75, 3.05) is 25.4 Å². The fourth-order valence-corrected chi connectivity index (χ4v) is 6.70. The summed E-state index contributed by atoms with van der Waals surface area (Å²) in [5.74, 6) is 0.334. The number of aryl methyl sites for hydroxylation is 2. The summed E-state index contributed by atoms with van der Waals surface area (Å²) in [4.78, 5) is 35.4. The Morgan fingerprint density at radius 2 is 2.06 bits per heavy atom. The van der Waals surface area contributed by atoms with Gasteiger partial charge in [0.15, 0.2) is 5.16 Å². The quantitative estimate of drug-likeness (QED) is 0.421. The molecule has 0 spiro atoms. The SMILES string of the molecule is CC1CN(C(=O)CSc2nc3sc4c(c3c(=O)n2Cc2ccccc2)CCCC4)CCO1. The molecule has 0 radical (unpaired) electrons. The van der Waals surface area contributed by atoms with Gasteiger partial charge in [-0.3, -0.25) is 14.2 Å². The Kier molecular flexibility index (Phi) is 6.35. The molecule has 0 saturated carbocycles. The van der Waals surface area contributed by atoms with Crippen molar-refractivity contribution in [2.24, 2.45) is 0 Å². The highest BCUT2D eigenvalue weighted by molar-refractivity contribution is 7.99. The second-order valence-corrected chi connectivity index (χ2v) is 10.5. The van der Waals surface area contributed by atoms with Crippen LogP contribution in [0.3, 0.4) is 0 Å². The second-order valence-electron chi connectivity index (χ2n) is 8.47. The summed E-state index contributed by atoms with van der Waals surface area (Å²) >= 11 is 3.03. The van der Waals surface area contributed by atoms with Gasteiger partial charge in [0, 0.05) is 18.0 Å². The Bertz CT molecular complexity index is 1190. The standard InChI is InChI=1S/C24H27N3O3S2/c1-16-13-26(11-12-30-16)20(28)15-31-24-25-22-21(18-9-5-6-10-19(18)32-22)23(29)27(24)14-17-7-3-2-4-8-17/h2-4,7-8,16H,5-6,9-15H2,1H3. The molecule has 32 heavy (non-hydrogen) atoms. The maximum Gasteiger partial charge on any atom is 0.263 e. The van der Waals surface area contributed by atoms with Crippen LogP contribution in [0.2, 0.25) is 0 Å².